The zero-order chi connectivity index (χ0) is 17.5. The van der Waals surface area contributed by atoms with E-state index in [4.69, 9.17) is 21.1 Å². The van der Waals surface area contributed by atoms with Crippen molar-refractivity contribution in [2.24, 2.45) is 0 Å². The van der Waals surface area contributed by atoms with E-state index in [9.17, 15) is 9.59 Å². The molecule has 5 nitrogen and oxygen atoms in total. The van der Waals surface area contributed by atoms with Crippen LogP contribution in [-0.2, 0) is 11.3 Å². The lowest BCUT2D eigenvalue weighted by molar-refractivity contribution is -0.123. The van der Waals surface area contributed by atoms with Gasteiger partial charge >= 0.3 is 0 Å². The van der Waals surface area contributed by atoms with Gasteiger partial charge in [-0.3, -0.25) is 9.59 Å². The van der Waals surface area contributed by atoms with Crippen molar-refractivity contribution in [1.29, 1.82) is 0 Å². The lowest BCUT2D eigenvalue weighted by Crippen LogP contribution is -2.28. The molecule has 0 aliphatic carbocycles. The van der Waals surface area contributed by atoms with Crippen molar-refractivity contribution in [3.63, 3.8) is 0 Å². The number of aldehydes is 1. The second-order valence-electron chi connectivity index (χ2n) is 4.80. The summed E-state index contributed by atoms with van der Waals surface area (Å²) in [5.41, 5.74) is 1.22. The van der Waals surface area contributed by atoms with Crippen molar-refractivity contribution in [1.82, 2.24) is 5.32 Å². The Bertz CT molecular complexity index is 751. The molecule has 0 fully saturated rings. The quantitative estimate of drug-likeness (QED) is 0.706. The van der Waals surface area contributed by atoms with Crippen LogP contribution >= 0.6 is 27.5 Å². The predicted octanol–water partition coefficient (Wildman–Crippen LogP) is 3.62. The molecule has 0 heterocycles. The summed E-state index contributed by atoms with van der Waals surface area (Å²) in [5.74, 6) is 0.426. The molecule has 0 spiro atoms. The molecule has 1 N–H and O–H groups in total. The average Bonchev–Trinajstić information content (AvgIpc) is 2.59. The first-order valence-electron chi connectivity index (χ1n) is 7.00. The molecule has 0 aliphatic heterocycles. The highest BCUT2D eigenvalue weighted by atomic mass is 79.9. The van der Waals surface area contributed by atoms with Crippen molar-refractivity contribution >= 4 is 39.7 Å². The normalized spacial score (nSPS) is 10.1. The Balaban J connectivity index is 1.96. The summed E-state index contributed by atoms with van der Waals surface area (Å²) in [6, 6.07) is 10.4. The minimum Gasteiger partial charge on any atom is -0.493 e. The molecule has 24 heavy (non-hydrogen) atoms. The van der Waals surface area contributed by atoms with E-state index in [0.717, 1.165) is 5.56 Å². The van der Waals surface area contributed by atoms with Crippen molar-refractivity contribution in [2.45, 2.75) is 6.54 Å². The van der Waals surface area contributed by atoms with Gasteiger partial charge < -0.3 is 14.8 Å². The maximum Gasteiger partial charge on any atom is 0.258 e. The summed E-state index contributed by atoms with van der Waals surface area (Å²) in [6.07, 6.45) is 0.688. The topological polar surface area (TPSA) is 64.6 Å². The van der Waals surface area contributed by atoms with E-state index in [2.05, 4.69) is 21.2 Å². The summed E-state index contributed by atoms with van der Waals surface area (Å²) < 4.78 is 11.2. The van der Waals surface area contributed by atoms with Gasteiger partial charge in [-0.25, -0.2) is 0 Å². The largest absolute Gasteiger partial charge is 0.493 e. The zero-order valence-corrected chi connectivity index (χ0v) is 15.2. The second-order valence-corrected chi connectivity index (χ2v) is 6.06. The minimum atomic E-state index is -0.312. The Morgan fingerprint density at radius 3 is 2.71 bits per heavy atom. The summed E-state index contributed by atoms with van der Waals surface area (Å²) in [6.45, 7) is 0.0969. The molecule has 0 unspecified atom stereocenters. The third-order valence-corrected chi connectivity index (χ3v) is 4.26. The Kier molecular flexibility index (Phi) is 6.63. The van der Waals surface area contributed by atoms with Crippen LogP contribution in [0.5, 0.6) is 11.5 Å². The standard InChI is InChI=1S/C17H15BrClNO4/c1-23-15-7-13(18)12(9-21)6-16(15)24-10-17(22)20-8-11-4-2-3-5-14(11)19/h2-7,9H,8,10H2,1H3,(H,20,22). The van der Waals surface area contributed by atoms with Gasteiger partial charge in [0.2, 0.25) is 0 Å². The number of nitrogens with one attached hydrogen (secondary N) is 1. The number of methoxy groups -OCH3 is 1. The molecule has 0 bridgehead atoms. The number of carbonyl (C=O) groups is 2. The Hall–Kier alpha value is -2.05. The molecule has 2 rings (SSSR count). The van der Waals surface area contributed by atoms with Crippen LogP contribution in [0.25, 0.3) is 0 Å². The first kappa shape index (κ1) is 18.3. The number of carbonyl (C=O) groups excluding carboxylic acids is 2. The van der Waals surface area contributed by atoms with Gasteiger partial charge in [0.05, 0.1) is 7.11 Å². The summed E-state index contributed by atoms with van der Waals surface area (Å²) in [4.78, 5) is 22.9. The number of hydrogen-bond donors (Lipinski definition) is 1. The SMILES string of the molecule is COc1cc(Br)c(C=O)cc1OCC(=O)NCc1ccccc1Cl. The lowest BCUT2D eigenvalue weighted by atomic mass is 10.2. The molecule has 0 aromatic heterocycles. The van der Waals surface area contributed by atoms with Crippen molar-refractivity contribution < 1.29 is 19.1 Å². The van der Waals surface area contributed by atoms with Gasteiger partial charge in [-0.15, -0.1) is 0 Å². The van der Waals surface area contributed by atoms with Crippen LogP contribution in [0.15, 0.2) is 40.9 Å². The molecule has 2 aromatic carbocycles. The number of rotatable bonds is 7. The van der Waals surface area contributed by atoms with E-state index in [1.54, 1.807) is 12.1 Å². The van der Waals surface area contributed by atoms with E-state index in [-0.39, 0.29) is 12.5 Å². The maximum absolute atomic E-state index is 11.9. The van der Waals surface area contributed by atoms with E-state index < -0.39 is 0 Å². The van der Waals surface area contributed by atoms with Crippen LogP contribution in [0.4, 0.5) is 0 Å². The van der Waals surface area contributed by atoms with E-state index in [0.29, 0.717) is 39.4 Å². The maximum atomic E-state index is 11.9. The number of hydrogen-bond acceptors (Lipinski definition) is 4. The zero-order valence-electron chi connectivity index (χ0n) is 12.8. The Labute approximate surface area is 153 Å². The molecule has 7 heteroatoms. The van der Waals surface area contributed by atoms with Gasteiger partial charge in [-0.1, -0.05) is 29.8 Å². The number of benzene rings is 2. The van der Waals surface area contributed by atoms with Gasteiger partial charge in [0.25, 0.3) is 5.91 Å². The lowest BCUT2D eigenvalue weighted by Gasteiger charge is -2.12. The van der Waals surface area contributed by atoms with Crippen molar-refractivity contribution in [3.8, 4) is 11.5 Å². The molecular weight excluding hydrogens is 398 g/mol. The molecule has 126 valence electrons. The fourth-order valence-corrected chi connectivity index (χ4v) is 2.56. The van der Waals surface area contributed by atoms with Crippen LogP contribution in [0.3, 0.4) is 0 Å². The van der Waals surface area contributed by atoms with Crippen LogP contribution in [0.1, 0.15) is 15.9 Å². The third kappa shape index (κ3) is 4.72. The Morgan fingerprint density at radius 1 is 1.29 bits per heavy atom. The number of ether oxygens (including phenoxy) is 2. The summed E-state index contributed by atoms with van der Waals surface area (Å²) in [5, 5.41) is 3.31. The van der Waals surface area contributed by atoms with Gasteiger partial charge in [-0.05, 0) is 39.7 Å². The van der Waals surface area contributed by atoms with Crippen LogP contribution in [0, 0.1) is 0 Å². The van der Waals surface area contributed by atoms with Gasteiger partial charge in [-0.2, -0.15) is 0 Å². The molecule has 0 saturated heterocycles. The predicted molar refractivity (Wildman–Crippen MR) is 94.9 cm³/mol. The number of halogens is 2. The molecule has 0 saturated carbocycles. The average molecular weight is 413 g/mol. The van der Waals surface area contributed by atoms with Crippen molar-refractivity contribution in [3.05, 3.63) is 57.0 Å². The van der Waals surface area contributed by atoms with Gasteiger partial charge in [0.15, 0.2) is 24.4 Å². The smallest absolute Gasteiger partial charge is 0.258 e. The van der Waals surface area contributed by atoms with E-state index in [1.807, 2.05) is 18.2 Å². The van der Waals surface area contributed by atoms with Crippen LogP contribution < -0.4 is 14.8 Å². The molecule has 0 aliphatic rings. The third-order valence-electron chi connectivity index (χ3n) is 3.20. The molecule has 0 atom stereocenters. The monoisotopic (exact) mass is 411 g/mol. The molecular formula is C17H15BrClNO4. The Morgan fingerprint density at radius 2 is 2.04 bits per heavy atom. The highest BCUT2D eigenvalue weighted by Gasteiger charge is 2.12. The number of amides is 1. The first-order chi connectivity index (χ1) is 11.5. The molecule has 2 aromatic rings. The van der Waals surface area contributed by atoms with Gasteiger partial charge in [0.1, 0.15) is 0 Å². The van der Waals surface area contributed by atoms with Gasteiger partial charge in [0, 0.05) is 21.6 Å². The summed E-state index contributed by atoms with van der Waals surface area (Å²) >= 11 is 9.29. The van der Waals surface area contributed by atoms with Crippen LogP contribution in [-0.4, -0.2) is 25.9 Å². The second kappa shape index (κ2) is 8.70. The highest BCUT2D eigenvalue weighted by Crippen LogP contribution is 2.32. The molecule has 1 amide bonds. The highest BCUT2D eigenvalue weighted by molar-refractivity contribution is 9.10. The summed E-state index contributed by atoms with van der Waals surface area (Å²) in [7, 11) is 1.48. The van der Waals surface area contributed by atoms with Crippen LogP contribution in [0.2, 0.25) is 5.02 Å². The van der Waals surface area contributed by atoms with E-state index in [1.165, 1.54) is 13.2 Å². The minimum absolute atomic E-state index is 0.208. The van der Waals surface area contributed by atoms with Crippen molar-refractivity contribution in [2.75, 3.05) is 13.7 Å². The fourth-order valence-electron chi connectivity index (χ4n) is 1.94. The molecule has 0 radical (unpaired) electrons. The fraction of sp³-hybridized carbons (Fsp3) is 0.176. The first-order valence-corrected chi connectivity index (χ1v) is 8.18. The van der Waals surface area contributed by atoms with E-state index >= 15 is 0 Å².